The first-order valence-electron chi connectivity index (χ1n) is 7.49. The summed E-state index contributed by atoms with van der Waals surface area (Å²) < 4.78 is 10.8. The molecule has 0 aromatic heterocycles. The third-order valence-electron chi connectivity index (χ3n) is 3.40. The van der Waals surface area contributed by atoms with Crippen molar-refractivity contribution in [3.63, 3.8) is 0 Å². The summed E-state index contributed by atoms with van der Waals surface area (Å²) >= 11 is 0. The minimum Gasteiger partial charge on any atom is -0.497 e. The van der Waals surface area contributed by atoms with Crippen molar-refractivity contribution in [3.8, 4) is 11.5 Å². The van der Waals surface area contributed by atoms with Crippen LogP contribution in [0.3, 0.4) is 0 Å². The van der Waals surface area contributed by atoms with Crippen molar-refractivity contribution in [3.05, 3.63) is 60.2 Å². The van der Waals surface area contributed by atoms with Crippen molar-refractivity contribution in [1.29, 1.82) is 0 Å². The largest absolute Gasteiger partial charge is 0.497 e. The lowest BCUT2D eigenvalue weighted by Gasteiger charge is -2.18. The Kier molecular flexibility index (Phi) is 8.09. The monoisotopic (exact) mass is 350 g/mol. The van der Waals surface area contributed by atoms with Gasteiger partial charge in [-0.15, -0.1) is 12.4 Å². The number of hydrogen-bond donors (Lipinski definition) is 2. The van der Waals surface area contributed by atoms with Crippen LogP contribution in [0.25, 0.3) is 0 Å². The summed E-state index contributed by atoms with van der Waals surface area (Å²) in [5.74, 6) is 1.27. The van der Waals surface area contributed by atoms with Crippen LogP contribution in [-0.4, -0.2) is 25.7 Å². The molecule has 0 aliphatic heterocycles. The average Bonchev–Trinajstić information content (AvgIpc) is 2.60. The summed E-state index contributed by atoms with van der Waals surface area (Å²) in [6.07, 6.45) is -0.171. The van der Waals surface area contributed by atoms with Crippen LogP contribution in [0, 0.1) is 0 Å². The maximum atomic E-state index is 12.1. The molecule has 2 aromatic carbocycles. The van der Waals surface area contributed by atoms with E-state index in [0.29, 0.717) is 6.54 Å². The van der Waals surface area contributed by atoms with Crippen molar-refractivity contribution < 1.29 is 14.3 Å². The number of halogens is 1. The van der Waals surface area contributed by atoms with Crippen molar-refractivity contribution in [2.24, 2.45) is 5.73 Å². The van der Waals surface area contributed by atoms with Crippen LogP contribution in [0.2, 0.25) is 0 Å². The van der Waals surface area contributed by atoms with Gasteiger partial charge in [0.25, 0.3) is 0 Å². The highest BCUT2D eigenvalue weighted by Gasteiger charge is 2.16. The van der Waals surface area contributed by atoms with Crippen LogP contribution < -0.4 is 20.5 Å². The predicted molar refractivity (Wildman–Crippen MR) is 96.7 cm³/mol. The number of rotatable bonds is 7. The first-order valence-corrected chi connectivity index (χ1v) is 7.49. The molecule has 3 N–H and O–H groups in total. The molecule has 130 valence electrons. The molecule has 5 nitrogen and oxygen atoms in total. The second kappa shape index (κ2) is 9.80. The molecule has 2 unspecified atom stereocenters. The Morgan fingerprint density at radius 1 is 1.08 bits per heavy atom. The Bertz CT molecular complexity index is 620. The van der Waals surface area contributed by atoms with E-state index in [1.54, 1.807) is 7.11 Å². The maximum absolute atomic E-state index is 12.1. The van der Waals surface area contributed by atoms with Crippen molar-refractivity contribution >= 4 is 18.3 Å². The first-order chi connectivity index (χ1) is 11.1. The van der Waals surface area contributed by atoms with Crippen LogP contribution in [0.5, 0.6) is 11.5 Å². The molecule has 0 saturated carbocycles. The number of carbonyl (C=O) groups is 1. The second-order valence-electron chi connectivity index (χ2n) is 5.24. The fraction of sp³-hybridized carbons (Fsp3) is 0.278. The Morgan fingerprint density at radius 3 is 2.25 bits per heavy atom. The molecule has 0 radical (unpaired) electrons. The lowest BCUT2D eigenvalue weighted by molar-refractivity contribution is -0.122. The van der Waals surface area contributed by atoms with Gasteiger partial charge in [0, 0.05) is 0 Å². The Hall–Kier alpha value is -2.24. The molecular formula is C18H23ClN2O3. The highest BCUT2D eigenvalue weighted by atomic mass is 35.5. The first kappa shape index (κ1) is 19.8. The predicted octanol–water partition coefficient (Wildman–Crippen LogP) is 2.70. The third kappa shape index (κ3) is 5.76. The number of amides is 1. The number of methoxy groups -OCH3 is 1. The van der Waals surface area contributed by atoms with E-state index in [1.165, 1.54) is 0 Å². The Balaban J connectivity index is 0.00000288. The van der Waals surface area contributed by atoms with E-state index in [1.807, 2.05) is 61.5 Å². The molecular weight excluding hydrogens is 328 g/mol. The second-order valence-corrected chi connectivity index (χ2v) is 5.24. The number of hydrogen-bond acceptors (Lipinski definition) is 4. The van der Waals surface area contributed by atoms with E-state index >= 15 is 0 Å². The molecule has 0 heterocycles. The summed E-state index contributed by atoms with van der Waals surface area (Å²) in [5, 5.41) is 2.81. The summed E-state index contributed by atoms with van der Waals surface area (Å²) in [4.78, 5) is 12.1. The lowest BCUT2D eigenvalue weighted by Crippen LogP contribution is -2.39. The topological polar surface area (TPSA) is 73.6 Å². The number of nitrogens with one attached hydrogen (secondary N) is 1. The van der Waals surface area contributed by atoms with Gasteiger partial charge in [-0.1, -0.05) is 30.3 Å². The summed E-state index contributed by atoms with van der Waals surface area (Å²) in [7, 11) is 1.62. The van der Waals surface area contributed by atoms with E-state index in [2.05, 4.69) is 5.32 Å². The standard InChI is InChI=1S/C18H22N2O3.ClH/c1-13(23-16-10-8-15(22-2)9-11-16)12-20-18(21)17(19)14-6-4-3-5-7-14;/h3-11,13,17H,12,19H2,1-2H3,(H,20,21);1H. The lowest BCUT2D eigenvalue weighted by atomic mass is 10.1. The minimum atomic E-state index is -0.676. The molecule has 0 bridgehead atoms. The van der Waals surface area contributed by atoms with Gasteiger partial charge >= 0.3 is 0 Å². The van der Waals surface area contributed by atoms with E-state index in [-0.39, 0.29) is 24.4 Å². The normalized spacial score (nSPS) is 12.5. The van der Waals surface area contributed by atoms with Gasteiger partial charge in [0.05, 0.1) is 13.7 Å². The zero-order chi connectivity index (χ0) is 16.7. The fourth-order valence-corrected chi connectivity index (χ4v) is 2.09. The van der Waals surface area contributed by atoms with Crippen LogP contribution in [0.4, 0.5) is 0 Å². The van der Waals surface area contributed by atoms with Gasteiger partial charge < -0.3 is 20.5 Å². The molecule has 2 atom stereocenters. The van der Waals surface area contributed by atoms with Crippen molar-refractivity contribution in [2.45, 2.75) is 19.1 Å². The molecule has 0 saturated heterocycles. The number of benzene rings is 2. The number of ether oxygens (including phenoxy) is 2. The minimum absolute atomic E-state index is 0. The fourth-order valence-electron chi connectivity index (χ4n) is 2.09. The van der Waals surface area contributed by atoms with Gasteiger partial charge in [-0.2, -0.15) is 0 Å². The van der Waals surface area contributed by atoms with E-state index in [9.17, 15) is 4.79 Å². The van der Waals surface area contributed by atoms with Gasteiger partial charge in [-0.25, -0.2) is 0 Å². The molecule has 0 fully saturated rings. The highest BCUT2D eigenvalue weighted by molar-refractivity contribution is 5.85. The molecule has 24 heavy (non-hydrogen) atoms. The summed E-state index contributed by atoms with van der Waals surface area (Å²) in [5.41, 5.74) is 6.73. The van der Waals surface area contributed by atoms with Gasteiger partial charge in [-0.05, 0) is 36.8 Å². The molecule has 2 aromatic rings. The Morgan fingerprint density at radius 2 is 1.67 bits per heavy atom. The summed E-state index contributed by atoms with van der Waals surface area (Å²) in [6.45, 7) is 2.27. The van der Waals surface area contributed by atoms with Crippen LogP contribution in [-0.2, 0) is 4.79 Å². The molecule has 0 spiro atoms. The number of carbonyl (C=O) groups excluding carboxylic acids is 1. The third-order valence-corrected chi connectivity index (χ3v) is 3.40. The van der Waals surface area contributed by atoms with Crippen LogP contribution >= 0.6 is 12.4 Å². The average molecular weight is 351 g/mol. The smallest absolute Gasteiger partial charge is 0.241 e. The Labute approximate surface area is 148 Å². The molecule has 0 aliphatic rings. The molecule has 0 aliphatic carbocycles. The molecule has 1 amide bonds. The maximum Gasteiger partial charge on any atom is 0.241 e. The van der Waals surface area contributed by atoms with E-state index in [4.69, 9.17) is 15.2 Å². The zero-order valence-corrected chi connectivity index (χ0v) is 14.6. The van der Waals surface area contributed by atoms with Gasteiger partial charge in [0.2, 0.25) is 5.91 Å². The number of nitrogens with two attached hydrogens (primary N) is 1. The van der Waals surface area contributed by atoms with Crippen LogP contribution in [0.15, 0.2) is 54.6 Å². The van der Waals surface area contributed by atoms with Crippen molar-refractivity contribution in [1.82, 2.24) is 5.32 Å². The highest BCUT2D eigenvalue weighted by Crippen LogP contribution is 2.18. The molecule has 2 rings (SSSR count). The van der Waals surface area contributed by atoms with Gasteiger partial charge in [-0.3, -0.25) is 4.79 Å². The van der Waals surface area contributed by atoms with Crippen molar-refractivity contribution in [2.75, 3.05) is 13.7 Å². The molecule has 6 heteroatoms. The van der Waals surface area contributed by atoms with Crippen LogP contribution in [0.1, 0.15) is 18.5 Å². The van der Waals surface area contributed by atoms with E-state index in [0.717, 1.165) is 17.1 Å². The van der Waals surface area contributed by atoms with E-state index < -0.39 is 6.04 Å². The van der Waals surface area contributed by atoms with Gasteiger partial charge in [0.15, 0.2) is 0 Å². The SMILES string of the molecule is COc1ccc(OC(C)CNC(=O)C(N)c2ccccc2)cc1.Cl. The quantitative estimate of drug-likeness (QED) is 0.805. The summed E-state index contributed by atoms with van der Waals surface area (Å²) in [6, 6.07) is 15.9. The van der Waals surface area contributed by atoms with Gasteiger partial charge in [0.1, 0.15) is 23.6 Å². The zero-order valence-electron chi connectivity index (χ0n) is 13.8.